The maximum absolute atomic E-state index is 4.49. The molecule has 13 heavy (non-hydrogen) atoms. The Hall–Kier alpha value is -0.610. The van der Waals surface area contributed by atoms with Crippen molar-refractivity contribution in [2.45, 2.75) is 19.9 Å². The van der Waals surface area contributed by atoms with E-state index in [4.69, 9.17) is 0 Å². The first kappa shape index (κ1) is 8.97. The Morgan fingerprint density at radius 3 is 3.15 bits per heavy atom. The molecule has 1 aromatic rings. The Morgan fingerprint density at radius 1 is 1.69 bits per heavy atom. The Labute approximate surface area is 82.8 Å². The number of hydrogen-bond acceptors (Lipinski definition) is 4. The lowest BCUT2D eigenvalue weighted by Crippen LogP contribution is -2.49. The highest BCUT2D eigenvalue weighted by Gasteiger charge is 2.17. The zero-order valence-corrected chi connectivity index (χ0v) is 8.90. The molecule has 1 atom stereocenters. The fourth-order valence-electron chi connectivity index (χ4n) is 1.59. The smallest absolute Gasteiger partial charge is 0.185 e. The van der Waals surface area contributed by atoms with Crippen molar-refractivity contribution >= 4 is 16.5 Å². The van der Waals surface area contributed by atoms with Gasteiger partial charge in [0.25, 0.3) is 0 Å². The van der Waals surface area contributed by atoms with Crippen LogP contribution in [0.3, 0.4) is 0 Å². The highest BCUT2D eigenvalue weighted by Crippen LogP contribution is 2.20. The summed E-state index contributed by atoms with van der Waals surface area (Å²) in [6.45, 7) is 7.49. The summed E-state index contributed by atoms with van der Waals surface area (Å²) in [5.74, 6) is 0. The van der Waals surface area contributed by atoms with Crippen molar-refractivity contribution in [1.82, 2.24) is 10.3 Å². The van der Waals surface area contributed by atoms with Crippen molar-refractivity contribution < 1.29 is 0 Å². The third-order valence-corrected chi connectivity index (χ3v) is 3.27. The lowest BCUT2D eigenvalue weighted by atomic mass is 10.2. The third-order valence-electron chi connectivity index (χ3n) is 2.25. The van der Waals surface area contributed by atoms with Crippen LogP contribution in [0.15, 0.2) is 5.38 Å². The SMILES string of the molecule is Cc1csc(N2CCN[C@H](C)C2)n1. The molecule has 3 nitrogen and oxygen atoms in total. The normalized spacial score (nSPS) is 23.5. The minimum Gasteiger partial charge on any atom is -0.345 e. The number of aromatic nitrogens is 1. The van der Waals surface area contributed by atoms with Crippen LogP contribution in [0, 0.1) is 6.92 Å². The summed E-state index contributed by atoms with van der Waals surface area (Å²) < 4.78 is 0. The van der Waals surface area contributed by atoms with Crippen molar-refractivity contribution in [3.05, 3.63) is 11.1 Å². The number of thiazole rings is 1. The van der Waals surface area contributed by atoms with Crippen LogP contribution in [-0.2, 0) is 0 Å². The number of aryl methyl sites for hydroxylation is 1. The molecule has 0 unspecified atom stereocenters. The van der Waals surface area contributed by atoms with Crippen LogP contribution >= 0.6 is 11.3 Å². The fourth-order valence-corrected chi connectivity index (χ4v) is 2.43. The summed E-state index contributed by atoms with van der Waals surface area (Å²) in [6, 6.07) is 0.581. The number of piperazine rings is 1. The molecule has 0 bridgehead atoms. The van der Waals surface area contributed by atoms with Crippen molar-refractivity contribution in [2.75, 3.05) is 24.5 Å². The van der Waals surface area contributed by atoms with Gasteiger partial charge in [-0.15, -0.1) is 11.3 Å². The van der Waals surface area contributed by atoms with Crippen LogP contribution in [0.1, 0.15) is 12.6 Å². The van der Waals surface area contributed by atoms with Crippen LogP contribution in [0.25, 0.3) is 0 Å². The molecule has 1 aromatic heterocycles. The lowest BCUT2D eigenvalue weighted by molar-refractivity contribution is 0.484. The average Bonchev–Trinajstić information content (AvgIpc) is 2.52. The topological polar surface area (TPSA) is 28.2 Å². The molecule has 72 valence electrons. The summed E-state index contributed by atoms with van der Waals surface area (Å²) in [6.07, 6.45) is 0. The summed E-state index contributed by atoms with van der Waals surface area (Å²) in [7, 11) is 0. The van der Waals surface area contributed by atoms with E-state index < -0.39 is 0 Å². The quantitative estimate of drug-likeness (QED) is 0.734. The van der Waals surface area contributed by atoms with Gasteiger partial charge in [0.05, 0.1) is 5.69 Å². The largest absolute Gasteiger partial charge is 0.345 e. The van der Waals surface area contributed by atoms with E-state index in [1.807, 2.05) is 6.92 Å². The second kappa shape index (κ2) is 3.64. The molecule has 0 radical (unpaired) electrons. The van der Waals surface area contributed by atoms with E-state index in [0.717, 1.165) is 25.3 Å². The molecule has 0 saturated carbocycles. The molecular formula is C9H15N3S. The van der Waals surface area contributed by atoms with Gasteiger partial charge in [0, 0.05) is 31.1 Å². The van der Waals surface area contributed by atoms with E-state index in [0.29, 0.717) is 6.04 Å². The Morgan fingerprint density at radius 2 is 2.54 bits per heavy atom. The second-order valence-corrected chi connectivity index (χ2v) is 4.41. The Balaban J connectivity index is 2.08. The van der Waals surface area contributed by atoms with Crippen LogP contribution in [0.5, 0.6) is 0 Å². The molecule has 1 saturated heterocycles. The zero-order valence-electron chi connectivity index (χ0n) is 8.08. The lowest BCUT2D eigenvalue weighted by Gasteiger charge is -2.31. The third kappa shape index (κ3) is 2.00. The first-order chi connectivity index (χ1) is 6.25. The summed E-state index contributed by atoms with van der Waals surface area (Å²) in [5, 5.41) is 6.71. The van der Waals surface area contributed by atoms with Gasteiger partial charge in [-0.3, -0.25) is 0 Å². The van der Waals surface area contributed by atoms with Crippen LogP contribution < -0.4 is 10.2 Å². The van der Waals surface area contributed by atoms with Crippen molar-refractivity contribution in [1.29, 1.82) is 0 Å². The van der Waals surface area contributed by atoms with Crippen LogP contribution in [-0.4, -0.2) is 30.7 Å². The highest BCUT2D eigenvalue weighted by atomic mass is 32.1. The van der Waals surface area contributed by atoms with Crippen LogP contribution in [0.4, 0.5) is 5.13 Å². The molecule has 1 N–H and O–H groups in total. The molecule has 4 heteroatoms. The monoisotopic (exact) mass is 197 g/mol. The summed E-state index contributed by atoms with van der Waals surface area (Å²) in [4.78, 5) is 6.85. The number of anilines is 1. The van der Waals surface area contributed by atoms with E-state index in [9.17, 15) is 0 Å². The number of rotatable bonds is 1. The fraction of sp³-hybridized carbons (Fsp3) is 0.667. The van der Waals surface area contributed by atoms with E-state index in [1.165, 1.54) is 5.13 Å². The molecule has 2 heterocycles. The van der Waals surface area contributed by atoms with Gasteiger partial charge >= 0.3 is 0 Å². The number of nitrogens with one attached hydrogen (secondary N) is 1. The molecule has 2 rings (SSSR count). The van der Waals surface area contributed by atoms with Gasteiger partial charge in [0.2, 0.25) is 0 Å². The minimum absolute atomic E-state index is 0.581. The van der Waals surface area contributed by atoms with Gasteiger partial charge in [-0.1, -0.05) is 0 Å². The molecule has 1 aliphatic rings. The number of hydrogen-bond donors (Lipinski definition) is 1. The molecule has 0 spiro atoms. The van der Waals surface area contributed by atoms with Gasteiger partial charge in [-0.2, -0.15) is 0 Å². The second-order valence-electron chi connectivity index (χ2n) is 3.57. The van der Waals surface area contributed by atoms with Crippen LogP contribution in [0.2, 0.25) is 0 Å². The van der Waals surface area contributed by atoms with Gasteiger partial charge in [0.15, 0.2) is 5.13 Å². The Bertz CT molecular complexity index is 284. The highest BCUT2D eigenvalue weighted by molar-refractivity contribution is 7.13. The van der Waals surface area contributed by atoms with Gasteiger partial charge < -0.3 is 10.2 Å². The van der Waals surface area contributed by atoms with Gasteiger partial charge in [0.1, 0.15) is 0 Å². The van der Waals surface area contributed by atoms with Crippen molar-refractivity contribution in [2.24, 2.45) is 0 Å². The Kier molecular flexibility index (Phi) is 2.51. The van der Waals surface area contributed by atoms with E-state index in [-0.39, 0.29) is 0 Å². The van der Waals surface area contributed by atoms with E-state index >= 15 is 0 Å². The first-order valence-corrected chi connectivity index (χ1v) is 5.54. The predicted octanol–water partition coefficient (Wildman–Crippen LogP) is 1.25. The maximum atomic E-state index is 4.49. The van der Waals surface area contributed by atoms with Crippen molar-refractivity contribution in [3.63, 3.8) is 0 Å². The molecule has 0 aliphatic carbocycles. The molecular weight excluding hydrogens is 182 g/mol. The molecule has 0 aromatic carbocycles. The summed E-state index contributed by atoms with van der Waals surface area (Å²) in [5.41, 5.74) is 1.13. The molecule has 0 amide bonds. The average molecular weight is 197 g/mol. The maximum Gasteiger partial charge on any atom is 0.185 e. The van der Waals surface area contributed by atoms with Crippen molar-refractivity contribution in [3.8, 4) is 0 Å². The van der Waals surface area contributed by atoms with E-state index in [2.05, 4.69) is 27.5 Å². The number of nitrogens with zero attached hydrogens (tertiary/aromatic N) is 2. The zero-order chi connectivity index (χ0) is 9.26. The standard InChI is InChI=1S/C9H15N3S/c1-7-5-12(4-3-10-7)9-11-8(2)6-13-9/h6-7,10H,3-5H2,1-2H3/t7-/m1/s1. The minimum atomic E-state index is 0.581. The first-order valence-electron chi connectivity index (χ1n) is 4.66. The molecule has 1 fully saturated rings. The summed E-state index contributed by atoms with van der Waals surface area (Å²) >= 11 is 1.75. The van der Waals surface area contributed by atoms with E-state index in [1.54, 1.807) is 11.3 Å². The predicted molar refractivity (Wildman–Crippen MR) is 56.5 cm³/mol. The van der Waals surface area contributed by atoms with Gasteiger partial charge in [-0.05, 0) is 13.8 Å². The van der Waals surface area contributed by atoms with Gasteiger partial charge in [-0.25, -0.2) is 4.98 Å². The molecule has 1 aliphatic heterocycles.